The minimum atomic E-state index is -0.435. The zero-order valence-corrected chi connectivity index (χ0v) is 8.81. The van der Waals surface area contributed by atoms with E-state index in [9.17, 15) is 14.4 Å². The van der Waals surface area contributed by atoms with Crippen LogP contribution < -0.4 is 0 Å². The first-order valence-corrected chi connectivity index (χ1v) is 5.09. The molecule has 1 rings (SSSR count). The number of carbonyl (C=O) groups is 3. The largest absolute Gasteiger partial charge is 0.275 e. The van der Waals surface area contributed by atoms with Gasteiger partial charge in [-0.15, -0.1) is 5.11 Å². The number of unbranched alkanes of at least 4 members (excludes halogenated alkanes) is 2. The summed E-state index contributed by atoms with van der Waals surface area (Å²) in [6.07, 6.45) is 4.80. The van der Waals surface area contributed by atoms with Crippen molar-refractivity contribution in [3.05, 3.63) is 12.2 Å². The van der Waals surface area contributed by atoms with Crippen molar-refractivity contribution in [2.75, 3.05) is 6.54 Å². The molecule has 0 bridgehead atoms. The fraction of sp³-hybridized carbons (Fsp3) is 0.500. The molecule has 86 valence electrons. The summed E-state index contributed by atoms with van der Waals surface area (Å²) in [4.78, 5) is 34.1. The van der Waals surface area contributed by atoms with Crippen molar-refractivity contribution < 1.29 is 14.4 Å². The molecule has 0 atom stereocenters. The van der Waals surface area contributed by atoms with E-state index >= 15 is 0 Å². The lowest BCUT2D eigenvalue weighted by molar-refractivity contribution is -0.136. The topological polar surface area (TPSA) is 90.7 Å². The minimum Gasteiger partial charge on any atom is -0.275 e. The number of carbonyl (C=O) groups excluding carboxylic acids is 3. The second kappa shape index (κ2) is 5.89. The fourth-order valence-electron chi connectivity index (χ4n) is 1.43. The maximum atomic E-state index is 11.1. The van der Waals surface area contributed by atoms with E-state index in [0.29, 0.717) is 19.4 Å². The molecule has 3 amide bonds. The number of hydrogen-bond donors (Lipinski definition) is 1. The molecule has 1 aliphatic rings. The first kappa shape index (κ1) is 12.2. The molecule has 0 aromatic heterocycles. The smallest absolute Gasteiger partial charge is 0.264 e. The van der Waals surface area contributed by atoms with E-state index in [0.717, 1.165) is 6.42 Å². The second-order valence-corrected chi connectivity index (χ2v) is 3.48. The molecule has 0 aromatic rings. The van der Waals surface area contributed by atoms with E-state index in [1.165, 1.54) is 17.1 Å². The summed E-state index contributed by atoms with van der Waals surface area (Å²) in [5, 5.41) is 2.77. The van der Waals surface area contributed by atoms with Gasteiger partial charge in [-0.1, -0.05) is 6.42 Å². The molecule has 16 heavy (non-hydrogen) atoms. The lowest BCUT2D eigenvalue weighted by Gasteiger charge is -2.12. The molecule has 0 saturated carbocycles. The van der Waals surface area contributed by atoms with Crippen LogP contribution in [-0.2, 0) is 14.4 Å². The van der Waals surface area contributed by atoms with Crippen LogP contribution in [0, 0.1) is 5.53 Å². The molecule has 0 aliphatic carbocycles. The van der Waals surface area contributed by atoms with E-state index in [2.05, 4.69) is 5.11 Å². The maximum absolute atomic E-state index is 11.1. The molecule has 0 radical (unpaired) electrons. The van der Waals surface area contributed by atoms with Crippen LogP contribution in [0.15, 0.2) is 17.3 Å². The van der Waals surface area contributed by atoms with Gasteiger partial charge in [0.2, 0.25) is 0 Å². The number of nitrogens with zero attached hydrogens (tertiary/aromatic N) is 2. The van der Waals surface area contributed by atoms with Crippen LogP contribution in [0.5, 0.6) is 0 Å². The molecule has 0 fully saturated rings. The van der Waals surface area contributed by atoms with Gasteiger partial charge in [-0.3, -0.25) is 19.3 Å². The van der Waals surface area contributed by atoms with Gasteiger partial charge in [-0.25, -0.2) is 5.53 Å². The van der Waals surface area contributed by atoms with Crippen LogP contribution in [0.4, 0.5) is 0 Å². The molecule has 6 nitrogen and oxygen atoms in total. The summed E-state index contributed by atoms with van der Waals surface area (Å²) in [6.45, 7) is 0.386. The molecule has 0 aromatic carbocycles. The van der Waals surface area contributed by atoms with Crippen molar-refractivity contribution in [3.8, 4) is 0 Å². The molecular formula is C10H13N3O3. The Labute approximate surface area is 92.8 Å². The summed E-state index contributed by atoms with van der Waals surface area (Å²) in [7, 11) is 0. The highest BCUT2D eigenvalue weighted by Gasteiger charge is 2.22. The van der Waals surface area contributed by atoms with Crippen LogP contribution in [0.2, 0.25) is 0 Å². The lowest BCUT2D eigenvalue weighted by Crippen LogP contribution is -2.30. The highest BCUT2D eigenvalue weighted by atomic mass is 16.2. The van der Waals surface area contributed by atoms with Crippen molar-refractivity contribution in [2.45, 2.75) is 25.7 Å². The van der Waals surface area contributed by atoms with Crippen LogP contribution in [0.25, 0.3) is 0 Å². The van der Waals surface area contributed by atoms with Gasteiger partial charge in [0.15, 0.2) is 0 Å². The Bertz CT molecular complexity index is 331. The third-order valence-electron chi connectivity index (χ3n) is 2.30. The van der Waals surface area contributed by atoms with Gasteiger partial charge in [0.1, 0.15) is 0 Å². The van der Waals surface area contributed by atoms with Crippen molar-refractivity contribution in [1.29, 1.82) is 5.53 Å². The number of nitrogens with one attached hydrogen (secondary N) is 1. The third kappa shape index (κ3) is 3.38. The average Bonchev–Trinajstić information content (AvgIpc) is 2.59. The van der Waals surface area contributed by atoms with E-state index in [1.807, 2.05) is 0 Å². The fourth-order valence-corrected chi connectivity index (χ4v) is 1.43. The van der Waals surface area contributed by atoms with E-state index < -0.39 is 5.91 Å². The molecule has 1 N–H and O–H groups in total. The normalized spacial score (nSPS) is 14.6. The Morgan fingerprint density at radius 1 is 1.19 bits per heavy atom. The van der Waals surface area contributed by atoms with Gasteiger partial charge in [0, 0.05) is 25.1 Å². The van der Waals surface area contributed by atoms with Crippen molar-refractivity contribution >= 4 is 17.7 Å². The zero-order chi connectivity index (χ0) is 12.0. The Morgan fingerprint density at radius 3 is 2.38 bits per heavy atom. The molecular weight excluding hydrogens is 210 g/mol. The maximum Gasteiger partial charge on any atom is 0.264 e. The SMILES string of the molecule is N=NC(=O)CCCCCN1C(=O)C=CC1=O. The third-order valence-corrected chi connectivity index (χ3v) is 2.30. The molecule has 0 unspecified atom stereocenters. The standard InChI is InChI=1S/C10H13N3O3/c11-12-8(14)4-2-1-3-7-13-9(15)5-6-10(13)16/h5-6,11H,1-4,7H2. The molecule has 0 spiro atoms. The van der Waals surface area contributed by atoms with Crippen molar-refractivity contribution in [2.24, 2.45) is 5.11 Å². The number of amides is 3. The summed E-state index contributed by atoms with van der Waals surface area (Å²) >= 11 is 0. The van der Waals surface area contributed by atoms with Gasteiger partial charge in [-0.05, 0) is 12.8 Å². The lowest BCUT2D eigenvalue weighted by atomic mass is 10.2. The first-order valence-electron chi connectivity index (χ1n) is 5.09. The average molecular weight is 223 g/mol. The Balaban J connectivity index is 2.12. The van der Waals surface area contributed by atoms with Gasteiger partial charge in [-0.2, -0.15) is 0 Å². The minimum absolute atomic E-state index is 0.254. The van der Waals surface area contributed by atoms with E-state index in [4.69, 9.17) is 5.53 Å². The highest BCUT2D eigenvalue weighted by molar-refractivity contribution is 6.12. The predicted molar refractivity (Wildman–Crippen MR) is 54.5 cm³/mol. The molecule has 1 heterocycles. The quantitative estimate of drug-likeness (QED) is 0.414. The van der Waals surface area contributed by atoms with Gasteiger partial charge in [0.25, 0.3) is 17.7 Å². The summed E-state index contributed by atoms with van der Waals surface area (Å²) in [6, 6.07) is 0. The first-order chi connectivity index (χ1) is 7.65. The molecule has 0 saturated heterocycles. The van der Waals surface area contributed by atoms with Crippen LogP contribution in [-0.4, -0.2) is 29.2 Å². The van der Waals surface area contributed by atoms with E-state index in [1.54, 1.807) is 0 Å². The summed E-state index contributed by atoms with van der Waals surface area (Å²) in [5.41, 5.74) is 6.45. The van der Waals surface area contributed by atoms with Gasteiger partial charge >= 0.3 is 0 Å². The molecule has 1 aliphatic heterocycles. The van der Waals surface area contributed by atoms with Gasteiger partial charge in [0.05, 0.1) is 0 Å². The number of imide groups is 1. The number of rotatable bonds is 6. The second-order valence-electron chi connectivity index (χ2n) is 3.48. The Kier molecular flexibility index (Phi) is 4.50. The van der Waals surface area contributed by atoms with Crippen LogP contribution in [0.1, 0.15) is 25.7 Å². The summed E-state index contributed by atoms with van der Waals surface area (Å²) in [5.74, 6) is -0.987. The summed E-state index contributed by atoms with van der Waals surface area (Å²) < 4.78 is 0. The zero-order valence-electron chi connectivity index (χ0n) is 8.81. The van der Waals surface area contributed by atoms with Crippen molar-refractivity contribution in [1.82, 2.24) is 4.90 Å². The van der Waals surface area contributed by atoms with Crippen molar-refractivity contribution in [3.63, 3.8) is 0 Å². The number of hydrogen-bond acceptors (Lipinski definition) is 4. The van der Waals surface area contributed by atoms with Crippen LogP contribution >= 0.6 is 0 Å². The Hall–Kier alpha value is -1.85. The molecule has 6 heteroatoms. The monoisotopic (exact) mass is 223 g/mol. The Morgan fingerprint density at radius 2 is 1.81 bits per heavy atom. The van der Waals surface area contributed by atoms with E-state index in [-0.39, 0.29) is 18.2 Å². The predicted octanol–water partition coefficient (Wildman–Crippen LogP) is 1.03. The van der Waals surface area contributed by atoms with Gasteiger partial charge < -0.3 is 0 Å². The highest BCUT2D eigenvalue weighted by Crippen LogP contribution is 2.07. The van der Waals surface area contributed by atoms with Crippen LogP contribution in [0.3, 0.4) is 0 Å².